The van der Waals surface area contributed by atoms with E-state index in [1.807, 2.05) is 0 Å². The van der Waals surface area contributed by atoms with Gasteiger partial charge in [-0.3, -0.25) is 0 Å². The highest BCUT2D eigenvalue weighted by atomic mass is 19.4. The number of benzene rings is 2. The smallest absolute Gasteiger partial charge is 0.397 e. The zero-order valence-corrected chi connectivity index (χ0v) is 9.72. The van der Waals surface area contributed by atoms with Crippen molar-refractivity contribution in [2.75, 3.05) is 5.73 Å². The van der Waals surface area contributed by atoms with E-state index < -0.39 is 11.7 Å². The van der Waals surface area contributed by atoms with E-state index in [4.69, 9.17) is 5.73 Å². The number of para-hydroxylation sites is 1. The lowest BCUT2D eigenvalue weighted by Crippen LogP contribution is -2.03. The second-order valence-corrected chi connectivity index (χ2v) is 3.80. The Kier molecular flexibility index (Phi) is 3.50. The molecule has 0 unspecified atom stereocenters. The van der Waals surface area contributed by atoms with Crippen LogP contribution in [-0.4, -0.2) is 0 Å². The van der Waals surface area contributed by atoms with Crippen LogP contribution in [0.25, 0.3) is 0 Å². The summed E-state index contributed by atoms with van der Waals surface area (Å²) in [5, 5.41) is 7.72. The quantitative estimate of drug-likeness (QED) is 0.620. The van der Waals surface area contributed by atoms with Gasteiger partial charge in [-0.25, -0.2) is 0 Å². The van der Waals surface area contributed by atoms with E-state index in [0.29, 0.717) is 17.1 Å². The van der Waals surface area contributed by atoms with Crippen LogP contribution in [0.2, 0.25) is 0 Å². The van der Waals surface area contributed by atoms with Crippen LogP contribution in [-0.2, 0) is 6.18 Å². The standard InChI is InChI=1S/C13H10F3N3/c14-13(15,16)9-5-7-10(8-6-9)18-19-12-4-2-1-3-11(12)17/h1-8H,17H2. The summed E-state index contributed by atoms with van der Waals surface area (Å²) in [5.74, 6) is 0. The van der Waals surface area contributed by atoms with E-state index in [9.17, 15) is 13.2 Å². The molecule has 0 aromatic heterocycles. The molecule has 6 heteroatoms. The lowest BCUT2D eigenvalue weighted by atomic mass is 10.2. The Morgan fingerprint density at radius 3 is 2.05 bits per heavy atom. The number of nitrogen functional groups attached to an aromatic ring is 1. The molecule has 0 bridgehead atoms. The third-order valence-corrected chi connectivity index (χ3v) is 2.40. The van der Waals surface area contributed by atoms with Gasteiger partial charge >= 0.3 is 6.18 Å². The SMILES string of the molecule is Nc1ccccc1N=Nc1ccc(C(F)(F)F)cc1. The summed E-state index contributed by atoms with van der Waals surface area (Å²) in [6.07, 6.45) is -4.35. The first-order valence-corrected chi connectivity index (χ1v) is 5.40. The van der Waals surface area contributed by atoms with Gasteiger partial charge in [-0.05, 0) is 36.4 Å². The molecule has 0 fully saturated rings. The molecule has 19 heavy (non-hydrogen) atoms. The van der Waals surface area contributed by atoms with Gasteiger partial charge < -0.3 is 5.73 Å². The third-order valence-electron chi connectivity index (χ3n) is 2.40. The molecular weight excluding hydrogens is 255 g/mol. The number of hydrogen-bond donors (Lipinski definition) is 1. The minimum absolute atomic E-state index is 0.330. The number of hydrogen-bond acceptors (Lipinski definition) is 3. The molecule has 0 saturated heterocycles. The second-order valence-electron chi connectivity index (χ2n) is 3.80. The molecule has 0 saturated carbocycles. The summed E-state index contributed by atoms with van der Waals surface area (Å²) in [7, 11) is 0. The van der Waals surface area contributed by atoms with Gasteiger partial charge in [-0.1, -0.05) is 12.1 Å². The largest absolute Gasteiger partial charge is 0.416 e. The minimum atomic E-state index is -4.35. The second kappa shape index (κ2) is 5.09. The van der Waals surface area contributed by atoms with Crippen LogP contribution in [0.15, 0.2) is 58.8 Å². The number of azo groups is 1. The van der Waals surface area contributed by atoms with Crippen molar-refractivity contribution >= 4 is 17.1 Å². The average Bonchev–Trinajstić information content (AvgIpc) is 2.37. The lowest BCUT2D eigenvalue weighted by molar-refractivity contribution is -0.137. The van der Waals surface area contributed by atoms with Crippen molar-refractivity contribution in [1.29, 1.82) is 0 Å². The number of alkyl halides is 3. The lowest BCUT2D eigenvalue weighted by Gasteiger charge is -2.05. The van der Waals surface area contributed by atoms with Crippen LogP contribution in [0.4, 0.5) is 30.2 Å². The summed E-state index contributed by atoms with van der Waals surface area (Å²) < 4.78 is 37.1. The zero-order valence-electron chi connectivity index (χ0n) is 9.72. The average molecular weight is 265 g/mol. The van der Waals surface area contributed by atoms with Crippen LogP contribution in [0.5, 0.6) is 0 Å². The Bertz CT molecular complexity index is 589. The van der Waals surface area contributed by atoms with Crippen molar-refractivity contribution in [1.82, 2.24) is 0 Å². The molecule has 0 heterocycles. The van der Waals surface area contributed by atoms with Gasteiger partial charge in [0.2, 0.25) is 0 Å². The number of anilines is 1. The van der Waals surface area contributed by atoms with Gasteiger partial charge in [0.25, 0.3) is 0 Å². The maximum absolute atomic E-state index is 12.4. The van der Waals surface area contributed by atoms with Crippen LogP contribution in [0, 0.1) is 0 Å². The molecule has 2 aromatic rings. The molecule has 0 aliphatic rings. The Hall–Kier alpha value is -2.37. The molecule has 3 nitrogen and oxygen atoms in total. The van der Waals surface area contributed by atoms with Crippen molar-refractivity contribution in [3.05, 3.63) is 54.1 Å². The predicted octanol–water partition coefficient (Wildman–Crippen LogP) is 4.70. The van der Waals surface area contributed by atoms with Crippen molar-refractivity contribution in [3.8, 4) is 0 Å². The molecule has 0 amide bonds. The molecular formula is C13H10F3N3. The van der Waals surface area contributed by atoms with Crippen LogP contribution in [0.3, 0.4) is 0 Å². The summed E-state index contributed by atoms with van der Waals surface area (Å²) >= 11 is 0. The third kappa shape index (κ3) is 3.31. The van der Waals surface area contributed by atoms with Crippen molar-refractivity contribution < 1.29 is 13.2 Å². The van der Waals surface area contributed by atoms with E-state index in [0.717, 1.165) is 12.1 Å². The maximum Gasteiger partial charge on any atom is 0.416 e. The molecule has 2 N–H and O–H groups in total. The van der Waals surface area contributed by atoms with Gasteiger partial charge in [0.15, 0.2) is 0 Å². The van der Waals surface area contributed by atoms with Crippen LogP contribution in [0.1, 0.15) is 5.56 Å². The number of nitrogens with two attached hydrogens (primary N) is 1. The molecule has 98 valence electrons. The fourth-order valence-electron chi connectivity index (χ4n) is 1.41. The van der Waals surface area contributed by atoms with Gasteiger partial charge in [0.05, 0.1) is 16.9 Å². The maximum atomic E-state index is 12.4. The molecule has 0 atom stereocenters. The van der Waals surface area contributed by atoms with E-state index >= 15 is 0 Å². The van der Waals surface area contributed by atoms with Crippen LogP contribution < -0.4 is 5.73 Å². The first-order chi connectivity index (χ1) is 8.97. The van der Waals surface area contributed by atoms with Gasteiger partial charge in [0, 0.05) is 0 Å². The highest BCUT2D eigenvalue weighted by molar-refractivity contribution is 5.61. The molecule has 0 radical (unpaired) electrons. The zero-order chi connectivity index (χ0) is 13.9. The van der Waals surface area contributed by atoms with E-state index in [1.54, 1.807) is 24.3 Å². The molecule has 2 aromatic carbocycles. The van der Waals surface area contributed by atoms with Crippen molar-refractivity contribution in [2.45, 2.75) is 6.18 Å². The Morgan fingerprint density at radius 1 is 0.842 bits per heavy atom. The van der Waals surface area contributed by atoms with Gasteiger partial charge in [0.1, 0.15) is 5.69 Å². The Morgan fingerprint density at radius 2 is 1.47 bits per heavy atom. The Labute approximate surface area is 107 Å². The normalized spacial score (nSPS) is 11.9. The highest BCUT2D eigenvalue weighted by Gasteiger charge is 2.29. The van der Waals surface area contributed by atoms with Gasteiger partial charge in [-0.15, -0.1) is 5.11 Å². The molecule has 0 aliphatic carbocycles. The minimum Gasteiger partial charge on any atom is -0.397 e. The van der Waals surface area contributed by atoms with Crippen LogP contribution >= 0.6 is 0 Å². The summed E-state index contributed by atoms with van der Waals surface area (Å²) in [4.78, 5) is 0. The monoisotopic (exact) mass is 265 g/mol. The predicted molar refractivity (Wildman–Crippen MR) is 66.5 cm³/mol. The van der Waals surface area contributed by atoms with E-state index in [-0.39, 0.29) is 0 Å². The first-order valence-electron chi connectivity index (χ1n) is 5.40. The molecule has 0 spiro atoms. The fourth-order valence-corrected chi connectivity index (χ4v) is 1.41. The molecule has 2 rings (SSSR count). The fraction of sp³-hybridized carbons (Fsp3) is 0.0769. The number of halogens is 3. The number of rotatable bonds is 2. The van der Waals surface area contributed by atoms with E-state index in [1.165, 1.54) is 12.1 Å². The summed E-state index contributed by atoms with van der Waals surface area (Å²) in [6, 6.07) is 11.3. The topological polar surface area (TPSA) is 50.7 Å². The van der Waals surface area contributed by atoms with E-state index in [2.05, 4.69) is 10.2 Å². The highest BCUT2D eigenvalue weighted by Crippen LogP contribution is 2.31. The number of nitrogens with zero attached hydrogens (tertiary/aromatic N) is 2. The first kappa shape index (κ1) is 13.1. The Balaban J connectivity index is 2.19. The summed E-state index contributed by atoms with van der Waals surface area (Å²) in [5.41, 5.74) is 6.21. The van der Waals surface area contributed by atoms with Crippen molar-refractivity contribution in [2.24, 2.45) is 10.2 Å². The van der Waals surface area contributed by atoms with Crippen molar-refractivity contribution in [3.63, 3.8) is 0 Å². The summed E-state index contributed by atoms with van der Waals surface area (Å²) in [6.45, 7) is 0. The van der Waals surface area contributed by atoms with Gasteiger partial charge in [-0.2, -0.15) is 18.3 Å². The molecule has 0 aliphatic heterocycles.